The summed E-state index contributed by atoms with van der Waals surface area (Å²) in [5.41, 5.74) is 2.01. The summed E-state index contributed by atoms with van der Waals surface area (Å²) in [7, 11) is 1.28. The molecular formula is C16H16ClN3O3. The van der Waals surface area contributed by atoms with E-state index in [0.29, 0.717) is 22.9 Å². The number of benzene rings is 2. The van der Waals surface area contributed by atoms with Gasteiger partial charge in [0.25, 0.3) is 0 Å². The van der Waals surface area contributed by atoms with Gasteiger partial charge in [-0.1, -0.05) is 29.8 Å². The van der Waals surface area contributed by atoms with Crippen molar-refractivity contribution < 1.29 is 14.3 Å². The molecule has 0 fully saturated rings. The smallest absolute Gasteiger partial charge is 0.411 e. The fourth-order valence-electron chi connectivity index (χ4n) is 1.80. The first kappa shape index (κ1) is 16.6. The first-order valence-corrected chi connectivity index (χ1v) is 7.19. The minimum Gasteiger partial charge on any atom is -0.453 e. The Morgan fingerprint density at radius 1 is 1.04 bits per heavy atom. The van der Waals surface area contributed by atoms with Crippen LogP contribution in [-0.4, -0.2) is 19.2 Å². The van der Waals surface area contributed by atoms with E-state index in [9.17, 15) is 9.59 Å². The molecular weight excluding hydrogens is 318 g/mol. The fraction of sp³-hybridized carbons (Fsp3) is 0.125. The van der Waals surface area contributed by atoms with E-state index in [1.165, 1.54) is 7.11 Å². The highest BCUT2D eigenvalue weighted by Gasteiger charge is 2.04. The van der Waals surface area contributed by atoms with Gasteiger partial charge in [0.1, 0.15) is 0 Å². The molecule has 2 rings (SSSR count). The Bertz CT molecular complexity index is 689. The number of halogens is 1. The summed E-state index contributed by atoms with van der Waals surface area (Å²) >= 11 is 5.80. The van der Waals surface area contributed by atoms with E-state index in [1.54, 1.807) is 36.4 Å². The van der Waals surface area contributed by atoms with Crippen molar-refractivity contribution in [1.82, 2.24) is 5.32 Å². The van der Waals surface area contributed by atoms with Crippen LogP contribution < -0.4 is 16.0 Å². The van der Waals surface area contributed by atoms with Gasteiger partial charge in [-0.25, -0.2) is 9.59 Å². The van der Waals surface area contributed by atoms with Crippen molar-refractivity contribution in [3.8, 4) is 0 Å². The summed E-state index contributed by atoms with van der Waals surface area (Å²) in [6.45, 7) is 0.378. The minimum absolute atomic E-state index is 0.352. The first-order valence-electron chi connectivity index (χ1n) is 6.81. The monoisotopic (exact) mass is 333 g/mol. The molecule has 6 nitrogen and oxygen atoms in total. The number of carbonyl (C=O) groups is 2. The maximum Gasteiger partial charge on any atom is 0.411 e. The average molecular weight is 334 g/mol. The van der Waals surface area contributed by atoms with Crippen molar-refractivity contribution in [2.75, 3.05) is 17.7 Å². The Balaban J connectivity index is 1.88. The molecule has 0 bridgehead atoms. The summed E-state index contributed by atoms with van der Waals surface area (Å²) in [6, 6.07) is 13.6. The Hall–Kier alpha value is -2.73. The first-order chi connectivity index (χ1) is 11.1. The van der Waals surface area contributed by atoms with Crippen LogP contribution in [0.2, 0.25) is 5.02 Å². The molecule has 2 aromatic rings. The summed E-state index contributed by atoms with van der Waals surface area (Å²) < 4.78 is 4.51. The van der Waals surface area contributed by atoms with Crippen LogP contribution in [0, 0.1) is 0 Å². The van der Waals surface area contributed by atoms with E-state index in [-0.39, 0.29) is 6.03 Å². The van der Waals surface area contributed by atoms with Crippen molar-refractivity contribution >= 4 is 35.1 Å². The van der Waals surface area contributed by atoms with Crippen LogP contribution in [0.25, 0.3) is 0 Å². The Kier molecular flexibility index (Phi) is 5.82. The van der Waals surface area contributed by atoms with Crippen LogP contribution in [0.3, 0.4) is 0 Å². The summed E-state index contributed by atoms with van der Waals surface area (Å²) in [6.07, 6.45) is -0.575. The van der Waals surface area contributed by atoms with Gasteiger partial charge in [-0.3, -0.25) is 5.32 Å². The van der Waals surface area contributed by atoms with Gasteiger partial charge in [0.2, 0.25) is 0 Å². The summed E-state index contributed by atoms with van der Waals surface area (Å²) in [5, 5.41) is 8.59. The molecule has 0 aliphatic rings. The molecule has 0 radical (unpaired) electrons. The van der Waals surface area contributed by atoms with Gasteiger partial charge in [-0.2, -0.15) is 0 Å². The molecule has 0 atom stereocenters. The van der Waals surface area contributed by atoms with Gasteiger partial charge >= 0.3 is 12.1 Å². The molecule has 3 N–H and O–H groups in total. The molecule has 0 unspecified atom stereocenters. The van der Waals surface area contributed by atoms with E-state index in [0.717, 1.165) is 5.56 Å². The van der Waals surface area contributed by atoms with Crippen LogP contribution in [0.1, 0.15) is 5.56 Å². The minimum atomic E-state index is -0.575. The van der Waals surface area contributed by atoms with Crippen LogP contribution in [0.15, 0.2) is 48.5 Å². The number of amides is 3. The van der Waals surface area contributed by atoms with Crippen molar-refractivity contribution in [2.24, 2.45) is 0 Å². The standard InChI is InChI=1S/C16H16ClN3O3/c1-23-16(22)20-14-4-2-3-13(9-14)19-15(21)18-10-11-5-7-12(17)8-6-11/h2-9H,10H2,1H3,(H,20,22)(H2,18,19,21). The zero-order valence-corrected chi connectivity index (χ0v) is 13.2. The Morgan fingerprint density at radius 2 is 1.70 bits per heavy atom. The molecule has 2 aromatic carbocycles. The molecule has 0 saturated carbocycles. The number of rotatable bonds is 4. The van der Waals surface area contributed by atoms with Crippen molar-refractivity contribution in [1.29, 1.82) is 0 Å². The van der Waals surface area contributed by atoms with Gasteiger partial charge in [0.05, 0.1) is 7.11 Å². The van der Waals surface area contributed by atoms with Crippen LogP contribution in [-0.2, 0) is 11.3 Å². The lowest BCUT2D eigenvalue weighted by Crippen LogP contribution is -2.28. The lowest BCUT2D eigenvalue weighted by molar-refractivity contribution is 0.187. The number of nitrogens with one attached hydrogen (secondary N) is 3. The maximum atomic E-state index is 11.9. The number of anilines is 2. The normalized spacial score (nSPS) is 9.83. The Morgan fingerprint density at radius 3 is 2.35 bits per heavy atom. The van der Waals surface area contributed by atoms with Crippen molar-refractivity contribution in [2.45, 2.75) is 6.54 Å². The molecule has 0 saturated heterocycles. The van der Waals surface area contributed by atoms with Gasteiger partial charge in [-0.05, 0) is 35.9 Å². The topological polar surface area (TPSA) is 79.5 Å². The molecule has 0 aromatic heterocycles. The van der Waals surface area contributed by atoms with E-state index >= 15 is 0 Å². The van der Waals surface area contributed by atoms with Gasteiger partial charge < -0.3 is 15.4 Å². The molecule has 0 aliphatic carbocycles. The van der Waals surface area contributed by atoms with Crippen LogP contribution in [0.4, 0.5) is 21.0 Å². The third-order valence-electron chi connectivity index (χ3n) is 2.92. The third kappa shape index (κ3) is 5.52. The van der Waals surface area contributed by atoms with E-state index in [4.69, 9.17) is 11.6 Å². The second-order valence-electron chi connectivity index (χ2n) is 4.63. The number of hydrogen-bond acceptors (Lipinski definition) is 3. The summed E-state index contributed by atoms with van der Waals surface area (Å²) in [4.78, 5) is 23.0. The highest BCUT2D eigenvalue weighted by Crippen LogP contribution is 2.15. The maximum absolute atomic E-state index is 11.9. The predicted octanol–water partition coefficient (Wildman–Crippen LogP) is 3.84. The SMILES string of the molecule is COC(=O)Nc1cccc(NC(=O)NCc2ccc(Cl)cc2)c1. The number of methoxy groups -OCH3 is 1. The largest absolute Gasteiger partial charge is 0.453 e. The predicted molar refractivity (Wildman–Crippen MR) is 89.8 cm³/mol. The molecule has 0 heterocycles. The van der Waals surface area contributed by atoms with Gasteiger partial charge in [-0.15, -0.1) is 0 Å². The van der Waals surface area contributed by atoms with Crippen LogP contribution >= 0.6 is 11.6 Å². The van der Waals surface area contributed by atoms with E-state index < -0.39 is 6.09 Å². The highest BCUT2D eigenvalue weighted by atomic mass is 35.5. The van der Waals surface area contributed by atoms with Gasteiger partial charge in [0, 0.05) is 22.9 Å². The van der Waals surface area contributed by atoms with Crippen molar-refractivity contribution in [3.63, 3.8) is 0 Å². The molecule has 120 valence electrons. The van der Waals surface area contributed by atoms with Gasteiger partial charge in [0.15, 0.2) is 0 Å². The lowest BCUT2D eigenvalue weighted by Gasteiger charge is -2.09. The van der Waals surface area contributed by atoms with Crippen molar-refractivity contribution in [3.05, 3.63) is 59.1 Å². The zero-order valence-electron chi connectivity index (χ0n) is 12.4. The molecule has 3 amide bonds. The quantitative estimate of drug-likeness (QED) is 0.795. The average Bonchev–Trinajstić information content (AvgIpc) is 2.54. The molecule has 0 spiro atoms. The Labute approximate surface area is 138 Å². The summed E-state index contributed by atoms with van der Waals surface area (Å²) in [5.74, 6) is 0. The third-order valence-corrected chi connectivity index (χ3v) is 3.17. The molecule has 23 heavy (non-hydrogen) atoms. The van der Waals surface area contributed by atoms with E-state index in [1.807, 2.05) is 12.1 Å². The number of urea groups is 1. The zero-order chi connectivity index (χ0) is 16.7. The fourth-order valence-corrected chi connectivity index (χ4v) is 1.93. The molecule has 7 heteroatoms. The number of hydrogen-bond donors (Lipinski definition) is 3. The van der Waals surface area contributed by atoms with E-state index in [2.05, 4.69) is 20.7 Å². The second kappa shape index (κ2) is 8.05. The highest BCUT2D eigenvalue weighted by molar-refractivity contribution is 6.30. The second-order valence-corrected chi connectivity index (χ2v) is 5.07. The van der Waals surface area contributed by atoms with Crippen LogP contribution in [0.5, 0.6) is 0 Å². The number of carbonyl (C=O) groups excluding carboxylic acids is 2. The molecule has 0 aliphatic heterocycles. The number of ether oxygens (including phenoxy) is 1. The lowest BCUT2D eigenvalue weighted by atomic mass is 10.2.